The van der Waals surface area contributed by atoms with Crippen LogP contribution in [0.5, 0.6) is 0 Å². The van der Waals surface area contributed by atoms with Crippen LogP contribution in [0.3, 0.4) is 0 Å². The Morgan fingerprint density at radius 2 is 2.00 bits per heavy atom. The van der Waals surface area contributed by atoms with Crippen LogP contribution in [0.4, 0.5) is 5.82 Å². The van der Waals surface area contributed by atoms with Crippen LogP contribution in [-0.4, -0.2) is 29.0 Å². The second-order valence-corrected chi connectivity index (χ2v) is 4.30. The normalized spacial score (nSPS) is 10.6. The number of hydrogen-bond acceptors (Lipinski definition) is 4. The molecule has 0 aliphatic rings. The first kappa shape index (κ1) is 12.5. The van der Waals surface area contributed by atoms with Crippen molar-refractivity contribution in [3.8, 4) is 0 Å². The van der Waals surface area contributed by atoms with Crippen LogP contribution in [0, 0.1) is 0 Å². The molecule has 18 heavy (non-hydrogen) atoms. The molecule has 0 radical (unpaired) electrons. The van der Waals surface area contributed by atoms with Crippen molar-refractivity contribution in [3.63, 3.8) is 0 Å². The summed E-state index contributed by atoms with van der Waals surface area (Å²) < 4.78 is 0. The van der Waals surface area contributed by atoms with E-state index in [4.69, 9.17) is 0 Å². The van der Waals surface area contributed by atoms with E-state index in [0.717, 1.165) is 24.6 Å². The lowest BCUT2D eigenvalue weighted by Gasteiger charge is -2.16. The van der Waals surface area contributed by atoms with Gasteiger partial charge < -0.3 is 5.32 Å². The lowest BCUT2D eigenvalue weighted by molar-refractivity contribution is 0.315. The van der Waals surface area contributed by atoms with Crippen molar-refractivity contribution in [1.82, 2.24) is 14.9 Å². The van der Waals surface area contributed by atoms with Gasteiger partial charge in [-0.05, 0) is 30.8 Å². The number of pyridine rings is 2. The van der Waals surface area contributed by atoms with Crippen molar-refractivity contribution in [1.29, 1.82) is 0 Å². The highest BCUT2D eigenvalue weighted by Crippen LogP contribution is 2.08. The van der Waals surface area contributed by atoms with Gasteiger partial charge in [0.2, 0.25) is 0 Å². The molecule has 94 valence electrons. The molecule has 1 N–H and O–H groups in total. The Balaban J connectivity index is 1.92. The van der Waals surface area contributed by atoms with E-state index in [9.17, 15) is 0 Å². The third-order valence-electron chi connectivity index (χ3n) is 2.69. The van der Waals surface area contributed by atoms with Gasteiger partial charge >= 0.3 is 0 Å². The zero-order valence-corrected chi connectivity index (χ0v) is 10.8. The van der Waals surface area contributed by atoms with Crippen molar-refractivity contribution in [3.05, 3.63) is 54.0 Å². The molecule has 2 rings (SSSR count). The van der Waals surface area contributed by atoms with Crippen molar-refractivity contribution in [2.24, 2.45) is 0 Å². The number of rotatable bonds is 5. The summed E-state index contributed by atoms with van der Waals surface area (Å²) in [5.74, 6) is 0.895. The second kappa shape index (κ2) is 6.12. The molecule has 0 atom stereocenters. The van der Waals surface area contributed by atoms with Gasteiger partial charge in [-0.25, -0.2) is 4.98 Å². The second-order valence-electron chi connectivity index (χ2n) is 4.30. The minimum atomic E-state index is 0.842. The zero-order valence-electron chi connectivity index (χ0n) is 10.8. The Kier molecular flexibility index (Phi) is 4.25. The molecule has 0 amide bonds. The van der Waals surface area contributed by atoms with Crippen LogP contribution in [0.25, 0.3) is 0 Å². The van der Waals surface area contributed by atoms with E-state index in [1.165, 1.54) is 5.56 Å². The van der Waals surface area contributed by atoms with Crippen molar-refractivity contribution < 1.29 is 0 Å². The maximum absolute atomic E-state index is 4.32. The maximum atomic E-state index is 4.32. The smallest absolute Gasteiger partial charge is 0.125 e. The number of hydrogen-bond donors (Lipinski definition) is 1. The predicted molar refractivity (Wildman–Crippen MR) is 73.2 cm³/mol. The van der Waals surface area contributed by atoms with Crippen LogP contribution >= 0.6 is 0 Å². The van der Waals surface area contributed by atoms with E-state index in [1.807, 2.05) is 43.7 Å². The van der Waals surface area contributed by atoms with Gasteiger partial charge in [-0.15, -0.1) is 0 Å². The number of aromatic nitrogens is 2. The lowest BCUT2D eigenvalue weighted by Crippen LogP contribution is -2.18. The molecular weight excluding hydrogens is 224 g/mol. The van der Waals surface area contributed by atoms with Crippen LogP contribution in [0.1, 0.15) is 11.3 Å². The topological polar surface area (TPSA) is 41.0 Å². The minimum Gasteiger partial charge on any atom is -0.373 e. The Bertz CT molecular complexity index is 467. The molecular formula is C14H18N4. The van der Waals surface area contributed by atoms with Crippen molar-refractivity contribution in [2.75, 3.05) is 19.4 Å². The van der Waals surface area contributed by atoms with E-state index in [2.05, 4.69) is 33.3 Å². The summed E-state index contributed by atoms with van der Waals surface area (Å²) in [4.78, 5) is 10.8. The summed E-state index contributed by atoms with van der Waals surface area (Å²) in [6, 6.07) is 10.1. The average Bonchev–Trinajstić information content (AvgIpc) is 2.40. The summed E-state index contributed by atoms with van der Waals surface area (Å²) in [5.41, 5.74) is 2.28. The molecule has 0 spiro atoms. The highest BCUT2D eigenvalue weighted by molar-refractivity contribution is 5.34. The molecule has 0 unspecified atom stereocenters. The lowest BCUT2D eigenvalue weighted by atomic mass is 10.2. The van der Waals surface area contributed by atoms with Gasteiger partial charge in [-0.3, -0.25) is 9.88 Å². The SMILES string of the molecule is CNc1ccc(CN(C)Cc2ccccn2)cn1. The molecule has 0 aliphatic heterocycles. The molecule has 0 aromatic carbocycles. The van der Waals surface area contributed by atoms with Crippen molar-refractivity contribution >= 4 is 5.82 Å². The largest absolute Gasteiger partial charge is 0.373 e. The quantitative estimate of drug-likeness (QED) is 0.872. The Labute approximate surface area is 108 Å². The highest BCUT2D eigenvalue weighted by atomic mass is 15.1. The Morgan fingerprint density at radius 1 is 1.11 bits per heavy atom. The molecule has 0 bridgehead atoms. The standard InChI is InChI=1S/C14H18N4/c1-15-14-7-6-12(9-17-14)10-18(2)11-13-5-3-4-8-16-13/h3-9H,10-11H2,1-2H3,(H,15,17). The molecule has 2 aromatic heterocycles. The summed E-state index contributed by atoms with van der Waals surface area (Å²) in [5, 5.41) is 3.01. The summed E-state index contributed by atoms with van der Waals surface area (Å²) in [7, 11) is 3.95. The first-order valence-electron chi connectivity index (χ1n) is 5.99. The summed E-state index contributed by atoms with van der Waals surface area (Å²) >= 11 is 0. The molecule has 2 aromatic rings. The first-order chi connectivity index (χ1) is 8.78. The fourth-order valence-corrected chi connectivity index (χ4v) is 1.80. The van der Waals surface area contributed by atoms with Crippen LogP contribution in [0.2, 0.25) is 0 Å². The Hall–Kier alpha value is -1.94. The molecule has 0 saturated heterocycles. The van der Waals surface area contributed by atoms with E-state index in [0.29, 0.717) is 0 Å². The fourth-order valence-electron chi connectivity index (χ4n) is 1.80. The molecule has 4 heteroatoms. The molecule has 0 fully saturated rings. The van der Waals surface area contributed by atoms with Crippen LogP contribution in [-0.2, 0) is 13.1 Å². The predicted octanol–water partition coefficient (Wildman–Crippen LogP) is 2.15. The molecule has 0 aliphatic carbocycles. The third-order valence-corrected chi connectivity index (χ3v) is 2.69. The Morgan fingerprint density at radius 3 is 2.61 bits per heavy atom. The zero-order chi connectivity index (χ0) is 12.8. The molecule has 4 nitrogen and oxygen atoms in total. The van der Waals surface area contributed by atoms with E-state index < -0.39 is 0 Å². The van der Waals surface area contributed by atoms with Crippen LogP contribution in [0.15, 0.2) is 42.7 Å². The monoisotopic (exact) mass is 242 g/mol. The summed E-state index contributed by atoms with van der Waals surface area (Å²) in [6.07, 6.45) is 3.73. The highest BCUT2D eigenvalue weighted by Gasteiger charge is 2.02. The maximum Gasteiger partial charge on any atom is 0.125 e. The third kappa shape index (κ3) is 3.53. The fraction of sp³-hybridized carbons (Fsp3) is 0.286. The first-order valence-corrected chi connectivity index (χ1v) is 5.99. The summed E-state index contributed by atoms with van der Waals surface area (Å²) in [6.45, 7) is 1.71. The number of anilines is 1. The average molecular weight is 242 g/mol. The van der Waals surface area contributed by atoms with Gasteiger partial charge in [0.1, 0.15) is 5.82 Å². The van der Waals surface area contributed by atoms with Gasteiger partial charge in [0.05, 0.1) is 5.69 Å². The number of nitrogens with zero attached hydrogens (tertiary/aromatic N) is 3. The van der Waals surface area contributed by atoms with Crippen LogP contribution < -0.4 is 5.32 Å². The van der Waals surface area contributed by atoms with Gasteiger partial charge in [0.25, 0.3) is 0 Å². The van der Waals surface area contributed by atoms with Gasteiger partial charge in [-0.1, -0.05) is 12.1 Å². The molecule has 0 saturated carbocycles. The number of nitrogens with one attached hydrogen (secondary N) is 1. The molecule has 2 heterocycles. The minimum absolute atomic E-state index is 0.842. The van der Waals surface area contributed by atoms with Gasteiger partial charge in [-0.2, -0.15) is 0 Å². The van der Waals surface area contributed by atoms with Gasteiger partial charge in [0.15, 0.2) is 0 Å². The van der Waals surface area contributed by atoms with E-state index in [1.54, 1.807) is 0 Å². The van der Waals surface area contributed by atoms with E-state index in [-0.39, 0.29) is 0 Å². The van der Waals surface area contributed by atoms with E-state index >= 15 is 0 Å². The van der Waals surface area contributed by atoms with Crippen molar-refractivity contribution in [2.45, 2.75) is 13.1 Å². The van der Waals surface area contributed by atoms with Gasteiger partial charge in [0, 0.05) is 32.5 Å².